The van der Waals surface area contributed by atoms with Gasteiger partial charge in [0, 0.05) is 33.2 Å². The Morgan fingerprint density at radius 3 is 1.34 bits per heavy atom. The normalized spacial score (nSPS) is 12.7. The molecular formula is C56H39NO. The standard InChI is InChI=1S/C56H39NO/c1-56(51-20-10-8-17-48(51)49-18-9-11-21-52(49)56)43-29-36-50-54(37-43)58-53-22-12-19-47(55(50)53)42-27-34-46(35-28-42)57(44-30-23-40(24-31-44)38-13-4-2-5-14-38)45-32-25-41(26-33-45)39-15-6-3-7-16-39/h2-37H,1H3. The number of furan rings is 1. The number of rotatable bonds is 7. The van der Waals surface area contributed by atoms with Crippen LogP contribution in [0.2, 0.25) is 0 Å². The predicted octanol–water partition coefficient (Wildman–Crippen LogP) is 15.4. The Bertz CT molecular complexity index is 2960. The molecule has 11 rings (SSSR count). The third-order valence-corrected chi connectivity index (χ3v) is 12.2. The Hall–Kier alpha value is -7.42. The maximum absolute atomic E-state index is 6.69. The van der Waals surface area contributed by atoms with Gasteiger partial charge in [-0.1, -0.05) is 170 Å². The average molecular weight is 742 g/mol. The number of fused-ring (bicyclic) bond motifs is 6. The molecule has 1 heterocycles. The Kier molecular flexibility index (Phi) is 7.97. The van der Waals surface area contributed by atoms with Crippen LogP contribution in [0.25, 0.3) is 66.4 Å². The third kappa shape index (κ3) is 5.49. The van der Waals surface area contributed by atoms with E-state index in [1.807, 2.05) is 0 Å². The minimum Gasteiger partial charge on any atom is -0.456 e. The van der Waals surface area contributed by atoms with Crippen LogP contribution in [0.1, 0.15) is 23.6 Å². The first-order valence-corrected chi connectivity index (χ1v) is 20.0. The molecular weight excluding hydrogens is 703 g/mol. The Morgan fingerprint density at radius 1 is 0.362 bits per heavy atom. The Morgan fingerprint density at radius 2 is 0.810 bits per heavy atom. The summed E-state index contributed by atoms with van der Waals surface area (Å²) in [5.74, 6) is 0. The van der Waals surface area contributed by atoms with E-state index in [4.69, 9.17) is 4.42 Å². The summed E-state index contributed by atoms with van der Waals surface area (Å²) in [7, 11) is 0. The fraction of sp³-hybridized carbons (Fsp3) is 0.0357. The van der Waals surface area contributed by atoms with Crippen LogP contribution < -0.4 is 4.90 Å². The fourth-order valence-corrected chi connectivity index (χ4v) is 9.25. The van der Waals surface area contributed by atoms with Crippen molar-refractivity contribution in [3.8, 4) is 44.5 Å². The lowest BCUT2D eigenvalue weighted by molar-refractivity contribution is 0.662. The quantitative estimate of drug-likeness (QED) is 0.162. The van der Waals surface area contributed by atoms with Crippen molar-refractivity contribution in [2.45, 2.75) is 12.3 Å². The highest BCUT2D eigenvalue weighted by molar-refractivity contribution is 6.12. The van der Waals surface area contributed by atoms with E-state index in [2.05, 4.69) is 230 Å². The summed E-state index contributed by atoms with van der Waals surface area (Å²) in [6, 6.07) is 78.7. The molecule has 58 heavy (non-hydrogen) atoms. The zero-order valence-corrected chi connectivity index (χ0v) is 32.1. The van der Waals surface area contributed by atoms with Gasteiger partial charge in [-0.25, -0.2) is 0 Å². The van der Waals surface area contributed by atoms with Crippen molar-refractivity contribution in [1.82, 2.24) is 0 Å². The van der Waals surface area contributed by atoms with E-state index in [9.17, 15) is 0 Å². The molecule has 2 nitrogen and oxygen atoms in total. The van der Waals surface area contributed by atoms with E-state index >= 15 is 0 Å². The molecule has 0 atom stereocenters. The van der Waals surface area contributed by atoms with Crippen molar-refractivity contribution >= 4 is 39.0 Å². The molecule has 0 amide bonds. The summed E-state index contributed by atoms with van der Waals surface area (Å²) >= 11 is 0. The van der Waals surface area contributed by atoms with Crippen LogP contribution in [0.5, 0.6) is 0 Å². The molecule has 0 unspecified atom stereocenters. The minimum atomic E-state index is -0.283. The van der Waals surface area contributed by atoms with Crippen molar-refractivity contribution in [2.75, 3.05) is 4.90 Å². The van der Waals surface area contributed by atoms with Crippen molar-refractivity contribution in [2.24, 2.45) is 0 Å². The first kappa shape index (κ1) is 33.9. The van der Waals surface area contributed by atoms with Crippen LogP contribution in [0.4, 0.5) is 17.1 Å². The molecule has 1 aromatic heterocycles. The second kappa shape index (κ2) is 13.7. The monoisotopic (exact) mass is 741 g/mol. The zero-order chi connectivity index (χ0) is 38.6. The van der Waals surface area contributed by atoms with Crippen LogP contribution in [-0.4, -0.2) is 0 Å². The van der Waals surface area contributed by atoms with Crippen molar-refractivity contribution in [3.05, 3.63) is 235 Å². The first-order valence-electron chi connectivity index (χ1n) is 20.0. The summed E-state index contributed by atoms with van der Waals surface area (Å²) in [6.45, 7) is 2.35. The third-order valence-electron chi connectivity index (χ3n) is 12.2. The summed E-state index contributed by atoms with van der Waals surface area (Å²) in [5, 5.41) is 2.26. The maximum atomic E-state index is 6.69. The number of nitrogens with zero attached hydrogens (tertiary/aromatic N) is 1. The SMILES string of the molecule is CC1(c2ccc3c(c2)oc2cccc(-c4ccc(N(c5ccc(-c6ccccc6)cc5)c5ccc(-c6ccccc6)cc5)cc4)c23)c2ccccc2-c2ccccc21. The molecule has 0 saturated carbocycles. The minimum absolute atomic E-state index is 0.283. The molecule has 9 aromatic carbocycles. The van der Waals surface area contributed by atoms with Crippen LogP contribution in [0, 0.1) is 0 Å². The molecule has 0 N–H and O–H groups in total. The molecule has 0 saturated heterocycles. The van der Waals surface area contributed by atoms with Gasteiger partial charge in [0.2, 0.25) is 0 Å². The number of hydrogen-bond donors (Lipinski definition) is 0. The molecule has 0 spiro atoms. The van der Waals surface area contributed by atoms with Gasteiger partial charge in [0.05, 0.1) is 0 Å². The second-order valence-corrected chi connectivity index (χ2v) is 15.4. The van der Waals surface area contributed by atoms with Crippen molar-refractivity contribution in [3.63, 3.8) is 0 Å². The van der Waals surface area contributed by atoms with Crippen LogP contribution in [0.3, 0.4) is 0 Å². The Labute approximate surface area is 338 Å². The van der Waals surface area contributed by atoms with Gasteiger partial charge in [0.15, 0.2) is 0 Å². The topological polar surface area (TPSA) is 16.4 Å². The lowest BCUT2D eigenvalue weighted by atomic mass is 9.74. The van der Waals surface area contributed by atoms with E-state index in [-0.39, 0.29) is 5.41 Å². The van der Waals surface area contributed by atoms with E-state index in [1.54, 1.807) is 0 Å². The van der Waals surface area contributed by atoms with Crippen LogP contribution in [0.15, 0.2) is 223 Å². The van der Waals surface area contributed by atoms with Gasteiger partial charge in [-0.15, -0.1) is 0 Å². The van der Waals surface area contributed by atoms with Crippen LogP contribution in [-0.2, 0) is 5.41 Å². The van der Waals surface area contributed by atoms with Gasteiger partial charge in [-0.3, -0.25) is 0 Å². The number of anilines is 3. The number of benzene rings is 9. The van der Waals surface area contributed by atoms with Crippen LogP contribution >= 0.6 is 0 Å². The molecule has 10 aromatic rings. The highest BCUT2D eigenvalue weighted by Crippen LogP contribution is 2.53. The summed E-state index contributed by atoms with van der Waals surface area (Å²) in [4.78, 5) is 2.34. The Balaban J connectivity index is 0.977. The van der Waals surface area contributed by atoms with E-state index in [0.717, 1.165) is 50.1 Å². The fourth-order valence-electron chi connectivity index (χ4n) is 9.25. The number of hydrogen-bond acceptors (Lipinski definition) is 2. The zero-order valence-electron chi connectivity index (χ0n) is 32.1. The molecule has 0 bridgehead atoms. The summed E-state index contributed by atoms with van der Waals surface area (Å²) in [6.07, 6.45) is 0. The van der Waals surface area contributed by atoms with Gasteiger partial charge in [0.25, 0.3) is 0 Å². The molecule has 274 valence electrons. The molecule has 0 fully saturated rings. The summed E-state index contributed by atoms with van der Waals surface area (Å²) in [5.41, 5.74) is 18.4. The van der Waals surface area contributed by atoms with E-state index < -0.39 is 0 Å². The molecule has 2 heteroatoms. The summed E-state index contributed by atoms with van der Waals surface area (Å²) < 4.78 is 6.69. The maximum Gasteiger partial charge on any atom is 0.136 e. The van der Waals surface area contributed by atoms with Gasteiger partial charge in [-0.2, -0.15) is 0 Å². The molecule has 0 aliphatic heterocycles. The molecule has 1 aliphatic carbocycles. The van der Waals surface area contributed by atoms with Gasteiger partial charge < -0.3 is 9.32 Å². The van der Waals surface area contributed by atoms with Gasteiger partial charge >= 0.3 is 0 Å². The largest absolute Gasteiger partial charge is 0.456 e. The average Bonchev–Trinajstić information content (AvgIpc) is 3.81. The lowest BCUT2D eigenvalue weighted by Gasteiger charge is -2.28. The molecule has 0 radical (unpaired) electrons. The van der Waals surface area contributed by atoms with Crippen molar-refractivity contribution < 1.29 is 4.42 Å². The van der Waals surface area contributed by atoms with Gasteiger partial charge in [0.1, 0.15) is 11.2 Å². The van der Waals surface area contributed by atoms with E-state index in [1.165, 1.54) is 50.1 Å². The lowest BCUT2D eigenvalue weighted by Crippen LogP contribution is -2.22. The molecule has 1 aliphatic rings. The van der Waals surface area contributed by atoms with Gasteiger partial charge in [-0.05, 0) is 117 Å². The van der Waals surface area contributed by atoms with E-state index in [0.29, 0.717) is 0 Å². The van der Waals surface area contributed by atoms with Crippen molar-refractivity contribution in [1.29, 1.82) is 0 Å². The first-order chi connectivity index (χ1) is 28.6. The second-order valence-electron chi connectivity index (χ2n) is 15.4. The highest BCUT2D eigenvalue weighted by atomic mass is 16.3. The highest BCUT2D eigenvalue weighted by Gasteiger charge is 2.40. The predicted molar refractivity (Wildman–Crippen MR) is 242 cm³/mol. The smallest absolute Gasteiger partial charge is 0.136 e.